The Bertz CT molecular complexity index is 553. The summed E-state index contributed by atoms with van der Waals surface area (Å²) in [6.45, 7) is 5.50. The van der Waals surface area contributed by atoms with Gasteiger partial charge >= 0.3 is 6.09 Å². The minimum atomic E-state index is -0.511. The predicted molar refractivity (Wildman–Crippen MR) is 73.1 cm³/mol. The van der Waals surface area contributed by atoms with E-state index in [9.17, 15) is 4.79 Å². The lowest BCUT2D eigenvalue weighted by Gasteiger charge is -2.18. The zero-order valence-electron chi connectivity index (χ0n) is 11.5. The average molecular weight is 258 g/mol. The fraction of sp³-hybridized carbons (Fsp3) is 0.333. The predicted octanol–water partition coefficient (Wildman–Crippen LogP) is 3.26. The summed E-state index contributed by atoms with van der Waals surface area (Å²) in [6.07, 6.45) is 1.88. The third-order valence-corrected chi connectivity index (χ3v) is 2.45. The van der Waals surface area contributed by atoms with Crippen LogP contribution in [0.15, 0.2) is 42.6 Å². The smallest absolute Gasteiger partial charge is 0.435 e. The number of hydrogen-bond acceptors (Lipinski definition) is 3. The monoisotopic (exact) mass is 258 g/mol. The number of nitrogens with zero attached hydrogens (tertiary/aromatic N) is 2. The van der Waals surface area contributed by atoms with E-state index in [-0.39, 0.29) is 0 Å². The van der Waals surface area contributed by atoms with Crippen molar-refractivity contribution in [2.45, 2.75) is 32.8 Å². The standard InChI is InChI=1S/C15H18N2O2/c1-15(2,3)19-14(18)17-10-9-13(16-17)11-12-7-5-4-6-8-12/h4-10H,11H2,1-3H3. The summed E-state index contributed by atoms with van der Waals surface area (Å²) >= 11 is 0. The third kappa shape index (κ3) is 3.95. The molecule has 100 valence electrons. The number of carbonyl (C=O) groups excluding carboxylic acids is 1. The lowest BCUT2D eigenvalue weighted by Crippen LogP contribution is -2.27. The van der Waals surface area contributed by atoms with Gasteiger partial charge in [0.05, 0.1) is 5.69 Å². The lowest BCUT2D eigenvalue weighted by atomic mass is 10.1. The van der Waals surface area contributed by atoms with Crippen molar-refractivity contribution in [3.8, 4) is 0 Å². The van der Waals surface area contributed by atoms with E-state index in [0.717, 1.165) is 11.3 Å². The largest absolute Gasteiger partial charge is 0.442 e. The highest BCUT2D eigenvalue weighted by atomic mass is 16.6. The molecule has 0 spiro atoms. The molecule has 19 heavy (non-hydrogen) atoms. The van der Waals surface area contributed by atoms with Crippen LogP contribution in [0.25, 0.3) is 0 Å². The highest BCUT2D eigenvalue weighted by molar-refractivity contribution is 5.69. The second kappa shape index (κ2) is 5.26. The van der Waals surface area contributed by atoms with Gasteiger partial charge in [0, 0.05) is 12.6 Å². The number of carbonyl (C=O) groups is 1. The van der Waals surface area contributed by atoms with E-state index in [2.05, 4.69) is 5.10 Å². The molecule has 0 N–H and O–H groups in total. The Balaban J connectivity index is 2.05. The molecule has 4 heteroatoms. The number of ether oxygens (including phenoxy) is 1. The van der Waals surface area contributed by atoms with Crippen molar-refractivity contribution in [3.63, 3.8) is 0 Å². The van der Waals surface area contributed by atoms with Crippen molar-refractivity contribution in [2.75, 3.05) is 0 Å². The molecule has 1 heterocycles. The van der Waals surface area contributed by atoms with Crippen molar-refractivity contribution in [1.29, 1.82) is 0 Å². The first-order valence-corrected chi connectivity index (χ1v) is 6.26. The van der Waals surface area contributed by atoms with E-state index >= 15 is 0 Å². The summed E-state index contributed by atoms with van der Waals surface area (Å²) in [5.74, 6) is 0. The number of hydrogen-bond donors (Lipinski definition) is 0. The van der Waals surface area contributed by atoms with Gasteiger partial charge < -0.3 is 4.74 Å². The number of aromatic nitrogens is 2. The van der Waals surface area contributed by atoms with Crippen LogP contribution in [0.4, 0.5) is 4.79 Å². The molecule has 0 unspecified atom stereocenters. The van der Waals surface area contributed by atoms with Gasteiger partial charge in [0.1, 0.15) is 5.60 Å². The minimum absolute atomic E-state index is 0.452. The zero-order chi connectivity index (χ0) is 13.9. The molecule has 1 aromatic carbocycles. The molecule has 0 amide bonds. The minimum Gasteiger partial charge on any atom is -0.442 e. The first kappa shape index (κ1) is 13.3. The molecule has 2 rings (SSSR count). The normalized spacial score (nSPS) is 11.3. The Morgan fingerprint density at radius 2 is 1.89 bits per heavy atom. The van der Waals surface area contributed by atoms with Crippen LogP contribution in [0.1, 0.15) is 32.0 Å². The third-order valence-electron chi connectivity index (χ3n) is 2.45. The fourth-order valence-corrected chi connectivity index (χ4v) is 1.67. The van der Waals surface area contributed by atoms with Gasteiger partial charge in [-0.1, -0.05) is 30.3 Å². The maximum Gasteiger partial charge on any atom is 0.435 e. The van der Waals surface area contributed by atoms with Gasteiger partial charge in [0.2, 0.25) is 0 Å². The van der Waals surface area contributed by atoms with Gasteiger partial charge in [-0.05, 0) is 32.4 Å². The quantitative estimate of drug-likeness (QED) is 0.830. The van der Waals surface area contributed by atoms with E-state index in [1.807, 2.05) is 57.2 Å². The summed E-state index contributed by atoms with van der Waals surface area (Å²) in [5, 5.41) is 4.23. The Morgan fingerprint density at radius 1 is 1.21 bits per heavy atom. The van der Waals surface area contributed by atoms with E-state index in [1.54, 1.807) is 6.20 Å². The fourth-order valence-electron chi connectivity index (χ4n) is 1.67. The zero-order valence-corrected chi connectivity index (χ0v) is 11.5. The first-order valence-electron chi connectivity index (χ1n) is 6.26. The van der Waals surface area contributed by atoms with Crippen molar-refractivity contribution in [3.05, 3.63) is 53.9 Å². The van der Waals surface area contributed by atoms with Crippen LogP contribution in [0.5, 0.6) is 0 Å². The Morgan fingerprint density at radius 3 is 2.53 bits per heavy atom. The average Bonchev–Trinajstić information content (AvgIpc) is 2.77. The van der Waals surface area contributed by atoms with Gasteiger partial charge in [0.25, 0.3) is 0 Å². The SMILES string of the molecule is CC(C)(C)OC(=O)n1ccc(Cc2ccccc2)n1. The summed E-state index contributed by atoms with van der Waals surface area (Å²) in [7, 11) is 0. The van der Waals surface area contributed by atoms with E-state index in [0.29, 0.717) is 6.42 Å². The summed E-state index contributed by atoms with van der Waals surface area (Å²) in [5.41, 5.74) is 1.50. The Hall–Kier alpha value is -2.10. The van der Waals surface area contributed by atoms with E-state index in [4.69, 9.17) is 4.74 Å². The molecule has 0 bridgehead atoms. The molecule has 2 aromatic rings. The van der Waals surface area contributed by atoms with Crippen LogP contribution in [0.2, 0.25) is 0 Å². The molecule has 0 atom stereocenters. The van der Waals surface area contributed by atoms with Gasteiger partial charge in [-0.15, -0.1) is 0 Å². The first-order chi connectivity index (χ1) is 8.94. The summed E-state index contributed by atoms with van der Waals surface area (Å²) < 4.78 is 6.49. The number of benzene rings is 1. The van der Waals surface area contributed by atoms with Crippen molar-refractivity contribution < 1.29 is 9.53 Å². The topological polar surface area (TPSA) is 44.1 Å². The molecular weight excluding hydrogens is 240 g/mol. The molecule has 0 fully saturated rings. The maximum absolute atomic E-state index is 11.8. The van der Waals surface area contributed by atoms with Gasteiger partial charge in [-0.3, -0.25) is 0 Å². The molecule has 0 radical (unpaired) electrons. The van der Waals surface area contributed by atoms with Crippen LogP contribution in [0.3, 0.4) is 0 Å². The van der Waals surface area contributed by atoms with Gasteiger partial charge in [-0.2, -0.15) is 9.78 Å². The van der Waals surface area contributed by atoms with Crippen LogP contribution in [0, 0.1) is 0 Å². The lowest BCUT2D eigenvalue weighted by molar-refractivity contribution is 0.0514. The van der Waals surface area contributed by atoms with E-state index < -0.39 is 11.7 Å². The second-order valence-corrected chi connectivity index (χ2v) is 5.39. The molecule has 0 aliphatic rings. The van der Waals surface area contributed by atoms with Gasteiger partial charge in [-0.25, -0.2) is 4.79 Å². The van der Waals surface area contributed by atoms with Crippen LogP contribution in [-0.2, 0) is 11.2 Å². The van der Waals surface area contributed by atoms with Gasteiger partial charge in [0.15, 0.2) is 0 Å². The van der Waals surface area contributed by atoms with Crippen LogP contribution in [-0.4, -0.2) is 21.5 Å². The Kier molecular flexibility index (Phi) is 3.69. The highest BCUT2D eigenvalue weighted by Crippen LogP contribution is 2.10. The molecular formula is C15H18N2O2. The van der Waals surface area contributed by atoms with Crippen molar-refractivity contribution in [1.82, 2.24) is 9.78 Å². The molecule has 0 aliphatic heterocycles. The molecule has 4 nitrogen and oxygen atoms in total. The van der Waals surface area contributed by atoms with E-state index in [1.165, 1.54) is 4.68 Å². The van der Waals surface area contributed by atoms with Crippen molar-refractivity contribution in [2.24, 2.45) is 0 Å². The summed E-state index contributed by atoms with van der Waals surface area (Å²) in [6, 6.07) is 11.8. The molecule has 0 saturated carbocycles. The second-order valence-electron chi connectivity index (χ2n) is 5.39. The van der Waals surface area contributed by atoms with Crippen LogP contribution < -0.4 is 0 Å². The number of rotatable bonds is 2. The van der Waals surface area contributed by atoms with Crippen LogP contribution >= 0.6 is 0 Å². The maximum atomic E-state index is 11.8. The highest BCUT2D eigenvalue weighted by Gasteiger charge is 2.18. The molecule has 0 aliphatic carbocycles. The Labute approximate surface area is 113 Å². The molecule has 1 aromatic heterocycles. The molecule has 0 saturated heterocycles. The summed E-state index contributed by atoms with van der Waals surface area (Å²) in [4.78, 5) is 11.8. The van der Waals surface area contributed by atoms with Crippen molar-refractivity contribution >= 4 is 6.09 Å².